The van der Waals surface area contributed by atoms with Crippen molar-refractivity contribution in [3.8, 4) is 5.75 Å². The van der Waals surface area contributed by atoms with Crippen LogP contribution < -0.4 is 10.1 Å². The fraction of sp³-hybridized carbons (Fsp3) is 0.267. The Hall–Kier alpha value is -2.63. The molecular formula is C15H16N4O2. The highest BCUT2D eigenvalue weighted by atomic mass is 16.5. The van der Waals surface area contributed by atoms with Gasteiger partial charge in [0, 0.05) is 24.8 Å². The van der Waals surface area contributed by atoms with Crippen LogP contribution in [-0.4, -0.2) is 47.2 Å². The van der Waals surface area contributed by atoms with Crippen molar-refractivity contribution in [3.05, 3.63) is 48.2 Å². The van der Waals surface area contributed by atoms with Gasteiger partial charge in [-0.2, -0.15) is 5.10 Å². The van der Waals surface area contributed by atoms with Crippen molar-refractivity contribution >= 4 is 11.7 Å². The van der Waals surface area contributed by atoms with Gasteiger partial charge in [0.15, 0.2) is 0 Å². The number of rotatable bonds is 4. The summed E-state index contributed by atoms with van der Waals surface area (Å²) in [6.45, 7) is 1.34. The first kappa shape index (κ1) is 13.4. The summed E-state index contributed by atoms with van der Waals surface area (Å²) in [7, 11) is 1.61. The van der Waals surface area contributed by atoms with Crippen LogP contribution in [0.15, 0.2) is 42.6 Å². The Kier molecular flexibility index (Phi) is 3.68. The second-order valence-corrected chi connectivity index (χ2v) is 4.89. The van der Waals surface area contributed by atoms with E-state index in [1.165, 1.54) is 0 Å². The van der Waals surface area contributed by atoms with E-state index in [0.717, 1.165) is 11.6 Å². The van der Waals surface area contributed by atoms with Gasteiger partial charge in [0.2, 0.25) is 0 Å². The van der Waals surface area contributed by atoms with Crippen LogP contribution in [0.2, 0.25) is 0 Å². The van der Waals surface area contributed by atoms with Crippen LogP contribution >= 0.6 is 0 Å². The lowest BCUT2D eigenvalue weighted by Gasteiger charge is -2.39. The van der Waals surface area contributed by atoms with Gasteiger partial charge in [-0.1, -0.05) is 0 Å². The third kappa shape index (κ3) is 2.94. The lowest BCUT2D eigenvalue weighted by atomic mass is 10.1. The predicted octanol–water partition coefficient (Wildman–Crippen LogP) is 1.42. The molecule has 21 heavy (non-hydrogen) atoms. The van der Waals surface area contributed by atoms with E-state index in [1.807, 2.05) is 12.1 Å². The second kappa shape index (κ2) is 5.78. The molecule has 0 radical (unpaired) electrons. The molecule has 1 amide bonds. The maximum absolute atomic E-state index is 12.3. The van der Waals surface area contributed by atoms with E-state index in [2.05, 4.69) is 15.5 Å². The summed E-state index contributed by atoms with van der Waals surface area (Å²) in [4.78, 5) is 14.1. The molecule has 3 rings (SSSR count). The van der Waals surface area contributed by atoms with E-state index in [0.29, 0.717) is 18.7 Å². The fourth-order valence-corrected chi connectivity index (χ4v) is 2.24. The molecule has 0 unspecified atom stereocenters. The van der Waals surface area contributed by atoms with Gasteiger partial charge in [-0.3, -0.25) is 4.79 Å². The number of benzene rings is 1. The van der Waals surface area contributed by atoms with Crippen molar-refractivity contribution in [1.82, 2.24) is 15.1 Å². The molecule has 2 heterocycles. The normalized spacial score (nSPS) is 14.4. The van der Waals surface area contributed by atoms with Gasteiger partial charge in [-0.05, 0) is 36.4 Å². The van der Waals surface area contributed by atoms with Crippen molar-refractivity contribution in [2.45, 2.75) is 6.04 Å². The number of ether oxygens (including phenoxy) is 1. The summed E-state index contributed by atoms with van der Waals surface area (Å²) in [5.74, 6) is 1.52. The highest BCUT2D eigenvalue weighted by Gasteiger charge is 2.31. The van der Waals surface area contributed by atoms with Crippen LogP contribution in [-0.2, 0) is 0 Å². The molecule has 6 heteroatoms. The molecule has 1 aliphatic rings. The Morgan fingerprint density at radius 2 is 2.05 bits per heavy atom. The molecule has 0 spiro atoms. The van der Waals surface area contributed by atoms with Crippen LogP contribution in [0.25, 0.3) is 0 Å². The van der Waals surface area contributed by atoms with E-state index in [1.54, 1.807) is 42.5 Å². The minimum Gasteiger partial charge on any atom is -0.497 e. The standard InChI is InChI=1S/C15H16N4O2/c1-21-13-6-4-11(5-7-13)15(20)19-9-12(10-19)17-14-3-2-8-16-18-14/h2-8,12H,9-10H2,1H3,(H,17,18). The van der Waals surface area contributed by atoms with E-state index in [9.17, 15) is 4.79 Å². The quantitative estimate of drug-likeness (QED) is 0.919. The molecule has 1 aromatic carbocycles. The Bertz CT molecular complexity index is 609. The molecular weight excluding hydrogens is 268 g/mol. The number of nitrogens with zero attached hydrogens (tertiary/aromatic N) is 3. The summed E-state index contributed by atoms with van der Waals surface area (Å²) in [6.07, 6.45) is 1.63. The highest BCUT2D eigenvalue weighted by molar-refractivity contribution is 5.95. The van der Waals surface area contributed by atoms with Crippen molar-refractivity contribution in [2.24, 2.45) is 0 Å². The molecule has 1 aromatic heterocycles. The number of carbonyl (C=O) groups excluding carboxylic acids is 1. The first-order chi connectivity index (χ1) is 10.3. The number of amides is 1. The SMILES string of the molecule is COc1ccc(C(=O)N2CC(Nc3cccnn3)C2)cc1. The zero-order valence-electron chi connectivity index (χ0n) is 11.7. The monoisotopic (exact) mass is 284 g/mol. The molecule has 0 aliphatic carbocycles. The summed E-state index contributed by atoms with van der Waals surface area (Å²) in [6, 6.07) is 11.1. The van der Waals surface area contributed by atoms with Gasteiger partial charge >= 0.3 is 0 Å². The first-order valence-electron chi connectivity index (χ1n) is 6.74. The Labute approximate surface area is 122 Å². The summed E-state index contributed by atoms with van der Waals surface area (Å²) in [5.41, 5.74) is 0.675. The number of carbonyl (C=O) groups is 1. The first-order valence-corrected chi connectivity index (χ1v) is 6.74. The molecule has 0 atom stereocenters. The molecule has 1 N–H and O–H groups in total. The van der Waals surface area contributed by atoms with Crippen molar-refractivity contribution in [1.29, 1.82) is 0 Å². The van der Waals surface area contributed by atoms with Gasteiger partial charge in [-0.15, -0.1) is 5.10 Å². The third-order valence-corrected chi connectivity index (χ3v) is 3.43. The molecule has 1 fully saturated rings. The minimum atomic E-state index is 0.0369. The van der Waals surface area contributed by atoms with Gasteiger partial charge in [-0.25, -0.2) is 0 Å². The number of anilines is 1. The molecule has 108 valence electrons. The van der Waals surface area contributed by atoms with E-state index in [-0.39, 0.29) is 11.9 Å². The summed E-state index contributed by atoms with van der Waals surface area (Å²) in [5, 5.41) is 11.0. The number of hydrogen-bond donors (Lipinski definition) is 1. The topological polar surface area (TPSA) is 67.3 Å². The Morgan fingerprint density at radius 1 is 1.29 bits per heavy atom. The maximum Gasteiger partial charge on any atom is 0.254 e. The van der Waals surface area contributed by atoms with Gasteiger partial charge in [0.1, 0.15) is 11.6 Å². The summed E-state index contributed by atoms with van der Waals surface area (Å²) < 4.78 is 5.09. The highest BCUT2D eigenvalue weighted by Crippen LogP contribution is 2.18. The second-order valence-electron chi connectivity index (χ2n) is 4.89. The smallest absolute Gasteiger partial charge is 0.254 e. The predicted molar refractivity (Wildman–Crippen MR) is 78.3 cm³/mol. The average Bonchev–Trinajstić information content (AvgIpc) is 2.51. The van der Waals surface area contributed by atoms with E-state index in [4.69, 9.17) is 4.74 Å². The average molecular weight is 284 g/mol. The van der Waals surface area contributed by atoms with Crippen LogP contribution in [0.4, 0.5) is 5.82 Å². The fourth-order valence-electron chi connectivity index (χ4n) is 2.24. The lowest BCUT2D eigenvalue weighted by molar-refractivity contribution is 0.0625. The number of nitrogens with one attached hydrogen (secondary N) is 1. The van der Waals surface area contributed by atoms with Crippen LogP contribution in [0.3, 0.4) is 0 Å². The molecule has 0 bridgehead atoms. The molecule has 6 nitrogen and oxygen atoms in total. The molecule has 2 aromatic rings. The summed E-state index contributed by atoms with van der Waals surface area (Å²) >= 11 is 0. The van der Waals surface area contributed by atoms with E-state index >= 15 is 0 Å². The number of likely N-dealkylation sites (tertiary alicyclic amines) is 1. The molecule has 1 saturated heterocycles. The van der Waals surface area contributed by atoms with Gasteiger partial charge in [0.25, 0.3) is 5.91 Å². The van der Waals surface area contributed by atoms with Crippen molar-refractivity contribution < 1.29 is 9.53 Å². The zero-order valence-corrected chi connectivity index (χ0v) is 11.7. The van der Waals surface area contributed by atoms with Gasteiger partial charge < -0.3 is 15.0 Å². The minimum absolute atomic E-state index is 0.0369. The molecule has 0 saturated carbocycles. The maximum atomic E-state index is 12.3. The Balaban J connectivity index is 1.54. The van der Waals surface area contributed by atoms with Crippen molar-refractivity contribution in [3.63, 3.8) is 0 Å². The van der Waals surface area contributed by atoms with Crippen LogP contribution in [0.5, 0.6) is 5.75 Å². The third-order valence-electron chi connectivity index (χ3n) is 3.43. The van der Waals surface area contributed by atoms with E-state index < -0.39 is 0 Å². The largest absolute Gasteiger partial charge is 0.497 e. The van der Waals surface area contributed by atoms with Crippen molar-refractivity contribution in [2.75, 3.05) is 25.5 Å². The zero-order chi connectivity index (χ0) is 14.7. The number of methoxy groups -OCH3 is 1. The number of hydrogen-bond acceptors (Lipinski definition) is 5. The number of aromatic nitrogens is 2. The van der Waals surface area contributed by atoms with Crippen LogP contribution in [0, 0.1) is 0 Å². The van der Waals surface area contributed by atoms with Crippen LogP contribution in [0.1, 0.15) is 10.4 Å². The lowest BCUT2D eigenvalue weighted by Crippen LogP contribution is -2.57. The molecule has 1 aliphatic heterocycles. The van der Waals surface area contributed by atoms with Gasteiger partial charge in [0.05, 0.1) is 13.2 Å². The Morgan fingerprint density at radius 3 is 2.67 bits per heavy atom.